The van der Waals surface area contributed by atoms with Crippen LogP contribution in [0.15, 0.2) is 35.2 Å². The molecule has 3 nitrogen and oxygen atoms in total. The maximum atomic E-state index is 4.21. The second kappa shape index (κ2) is 6.01. The molecule has 0 aliphatic heterocycles. The fourth-order valence-electron chi connectivity index (χ4n) is 0.978. The lowest BCUT2D eigenvalue weighted by molar-refractivity contribution is 1.09. The second-order valence-electron chi connectivity index (χ2n) is 2.32. The van der Waals surface area contributed by atoms with E-state index in [-0.39, 0.29) is 24.8 Å². The number of hydrogen-bond acceptors (Lipinski definition) is 2. The molecule has 2 aromatic heterocycles. The monoisotopic (exact) mass is 295 g/mol. The lowest BCUT2D eigenvalue weighted by Gasteiger charge is -1.97. The van der Waals surface area contributed by atoms with Gasteiger partial charge in [-0.2, -0.15) is 5.10 Å². The van der Waals surface area contributed by atoms with Gasteiger partial charge in [0.1, 0.15) is 0 Å². The van der Waals surface area contributed by atoms with Gasteiger partial charge in [-0.05, 0) is 28.1 Å². The van der Waals surface area contributed by atoms with Gasteiger partial charge in [0.05, 0.1) is 11.9 Å². The van der Waals surface area contributed by atoms with Crippen molar-refractivity contribution in [1.82, 2.24) is 15.2 Å². The molecule has 0 spiro atoms. The van der Waals surface area contributed by atoms with Crippen molar-refractivity contribution in [3.8, 4) is 11.3 Å². The van der Waals surface area contributed by atoms with Crippen LogP contribution in [-0.4, -0.2) is 15.2 Å². The van der Waals surface area contributed by atoms with Crippen LogP contribution in [0.1, 0.15) is 0 Å². The summed E-state index contributed by atoms with van der Waals surface area (Å²) in [6.07, 6.45) is 5.31. The van der Waals surface area contributed by atoms with E-state index < -0.39 is 0 Å². The number of rotatable bonds is 1. The third kappa shape index (κ3) is 2.70. The smallest absolute Gasteiger partial charge is 0.0875 e. The Morgan fingerprint density at radius 3 is 2.64 bits per heavy atom. The fraction of sp³-hybridized carbons (Fsp3) is 0. The molecule has 0 aliphatic rings. The van der Waals surface area contributed by atoms with Crippen molar-refractivity contribution in [2.45, 2.75) is 0 Å². The highest BCUT2D eigenvalue weighted by molar-refractivity contribution is 9.10. The van der Waals surface area contributed by atoms with Gasteiger partial charge in [0.2, 0.25) is 0 Å². The highest BCUT2D eigenvalue weighted by Gasteiger charge is 2.03. The minimum atomic E-state index is 0. The molecular formula is C8H8BrCl2N3. The number of pyridine rings is 1. The van der Waals surface area contributed by atoms with Crippen LogP contribution in [0.2, 0.25) is 0 Å². The highest BCUT2D eigenvalue weighted by atomic mass is 79.9. The minimum absolute atomic E-state index is 0. The summed E-state index contributed by atoms with van der Waals surface area (Å²) >= 11 is 3.41. The quantitative estimate of drug-likeness (QED) is 0.879. The van der Waals surface area contributed by atoms with E-state index in [4.69, 9.17) is 0 Å². The van der Waals surface area contributed by atoms with Crippen LogP contribution >= 0.6 is 40.7 Å². The number of nitrogens with zero attached hydrogens (tertiary/aromatic N) is 2. The van der Waals surface area contributed by atoms with Crippen LogP contribution in [0.4, 0.5) is 0 Å². The first-order valence-corrected chi connectivity index (χ1v) is 4.27. The Bertz CT molecular complexity index is 378. The van der Waals surface area contributed by atoms with Gasteiger partial charge >= 0.3 is 0 Å². The summed E-state index contributed by atoms with van der Waals surface area (Å²) in [4.78, 5) is 4.21. The van der Waals surface area contributed by atoms with E-state index in [2.05, 4.69) is 31.1 Å². The zero-order valence-corrected chi connectivity index (χ0v) is 10.2. The molecule has 0 atom stereocenters. The average molecular weight is 297 g/mol. The van der Waals surface area contributed by atoms with Gasteiger partial charge in [0, 0.05) is 22.4 Å². The van der Waals surface area contributed by atoms with Gasteiger partial charge < -0.3 is 0 Å². The molecule has 2 rings (SSSR count). The molecule has 14 heavy (non-hydrogen) atoms. The minimum Gasteiger partial charge on any atom is -0.285 e. The number of aromatic amines is 1. The number of H-pyrrole nitrogens is 1. The molecule has 6 heteroatoms. The summed E-state index contributed by atoms with van der Waals surface area (Å²) in [7, 11) is 0. The first-order valence-electron chi connectivity index (χ1n) is 3.47. The van der Waals surface area contributed by atoms with E-state index >= 15 is 0 Å². The van der Waals surface area contributed by atoms with Crippen molar-refractivity contribution in [3.63, 3.8) is 0 Å². The van der Waals surface area contributed by atoms with Gasteiger partial charge in [-0.1, -0.05) is 0 Å². The topological polar surface area (TPSA) is 41.6 Å². The molecular weight excluding hydrogens is 289 g/mol. The largest absolute Gasteiger partial charge is 0.285 e. The van der Waals surface area contributed by atoms with Crippen LogP contribution in [0, 0.1) is 0 Å². The van der Waals surface area contributed by atoms with Crippen molar-refractivity contribution in [2.24, 2.45) is 0 Å². The normalized spacial score (nSPS) is 8.64. The van der Waals surface area contributed by atoms with E-state index in [0.29, 0.717) is 0 Å². The van der Waals surface area contributed by atoms with Crippen molar-refractivity contribution in [1.29, 1.82) is 0 Å². The molecule has 0 unspecified atom stereocenters. The molecule has 0 fully saturated rings. The van der Waals surface area contributed by atoms with Gasteiger partial charge in [-0.15, -0.1) is 24.8 Å². The molecule has 2 aromatic rings. The Labute approximate surface area is 102 Å². The Morgan fingerprint density at radius 1 is 1.29 bits per heavy atom. The number of halogens is 3. The SMILES string of the molecule is Brc1cccnc1-c1cn[nH]c1.Cl.Cl. The summed E-state index contributed by atoms with van der Waals surface area (Å²) < 4.78 is 0.978. The molecule has 1 N–H and O–H groups in total. The standard InChI is InChI=1S/C8H6BrN3.2ClH/c9-7-2-1-3-10-8(7)6-4-11-12-5-6;;/h1-5H,(H,11,12);2*1H. The maximum Gasteiger partial charge on any atom is 0.0875 e. The Kier molecular flexibility index (Phi) is 5.76. The number of aromatic nitrogens is 3. The zero-order valence-electron chi connectivity index (χ0n) is 6.98. The average Bonchev–Trinajstić information content (AvgIpc) is 2.57. The van der Waals surface area contributed by atoms with Crippen LogP contribution in [0.3, 0.4) is 0 Å². The maximum absolute atomic E-state index is 4.21. The molecule has 0 saturated heterocycles. The van der Waals surface area contributed by atoms with Crippen LogP contribution in [0.25, 0.3) is 11.3 Å². The van der Waals surface area contributed by atoms with Gasteiger partial charge in [-0.25, -0.2) is 0 Å². The third-order valence-corrected chi connectivity index (χ3v) is 2.17. The molecule has 76 valence electrons. The van der Waals surface area contributed by atoms with E-state index in [0.717, 1.165) is 15.7 Å². The predicted octanol–water partition coefficient (Wildman–Crippen LogP) is 3.08. The Balaban J connectivity index is 0.000000845. The van der Waals surface area contributed by atoms with Crippen molar-refractivity contribution in [2.75, 3.05) is 0 Å². The molecule has 2 heterocycles. The summed E-state index contributed by atoms with van der Waals surface area (Å²) in [6, 6.07) is 3.84. The van der Waals surface area contributed by atoms with Crippen LogP contribution in [0.5, 0.6) is 0 Å². The molecule has 0 aliphatic carbocycles. The van der Waals surface area contributed by atoms with Crippen molar-refractivity contribution < 1.29 is 0 Å². The molecule has 0 amide bonds. The Hall–Kier alpha value is -0.580. The first kappa shape index (κ1) is 13.4. The molecule has 0 aromatic carbocycles. The summed E-state index contributed by atoms with van der Waals surface area (Å²) in [5, 5.41) is 6.60. The first-order chi connectivity index (χ1) is 5.88. The van der Waals surface area contributed by atoms with Crippen molar-refractivity contribution >= 4 is 40.7 Å². The van der Waals surface area contributed by atoms with E-state index in [9.17, 15) is 0 Å². The van der Waals surface area contributed by atoms with Gasteiger partial charge in [0.15, 0.2) is 0 Å². The highest BCUT2D eigenvalue weighted by Crippen LogP contribution is 2.23. The number of nitrogens with one attached hydrogen (secondary N) is 1. The summed E-state index contributed by atoms with van der Waals surface area (Å²) in [6.45, 7) is 0. The lowest BCUT2D eigenvalue weighted by atomic mass is 10.2. The summed E-state index contributed by atoms with van der Waals surface area (Å²) in [5.74, 6) is 0. The molecule has 0 bridgehead atoms. The predicted molar refractivity (Wildman–Crippen MR) is 64.0 cm³/mol. The van der Waals surface area contributed by atoms with Crippen molar-refractivity contribution in [3.05, 3.63) is 35.2 Å². The third-order valence-electron chi connectivity index (χ3n) is 1.53. The second-order valence-corrected chi connectivity index (χ2v) is 3.18. The van der Waals surface area contributed by atoms with Gasteiger partial charge in [-0.3, -0.25) is 10.1 Å². The Morgan fingerprint density at radius 2 is 2.07 bits per heavy atom. The van der Waals surface area contributed by atoms with Crippen LogP contribution in [-0.2, 0) is 0 Å². The summed E-state index contributed by atoms with van der Waals surface area (Å²) in [5.41, 5.74) is 1.90. The number of hydrogen-bond donors (Lipinski definition) is 1. The molecule has 0 saturated carbocycles. The fourth-order valence-corrected chi connectivity index (χ4v) is 1.46. The van der Waals surface area contributed by atoms with E-state index in [1.165, 1.54) is 0 Å². The van der Waals surface area contributed by atoms with E-state index in [1.807, 2.05) is 18.3 Å². The van der Waals surface area contributed by atoms with E-state index in [1.54, 1.807) is 12.4 Å². The van der Waals surface area contributed by atoms with Gasteiger partial charge in [0.25, 0.3) is 0 Å². The lowest BCUT2D eigenvalue weighted by Crippen LogP contribution is -1.80. The van der Waals surface area contributed by atoms with Crippen LogP contribution < -0.4 is 0 Å². The molecule has 0 radical (unpaired) electrons. The zero-order chi connectivity index (χ0) is 8.39.